The first-order chi connectivity index (χ1) is 14.2. The molecule has 1 N–H and O–H groups in total. The second-order valence-corrected chi connectivity index (χ2v) is 8.68. The first-order valence-electron chi connectivity index (χ1n) is 10.3. The molecule has 0 radical (unpaired) electrons. The molecule has 3 rings (SSSR count). The lowest BCUT2D eigenvalue weighted by Crippen LogP contribution is -2.50. The summed E-state index contributed by atoms with van der Waals surface area (Å²) in [4.78, 5) is 25.8. The summed E-state index contributed by atoms with van der Waals surface area (Å²) in [6.45, 7) is 9.09. The zero-order chi connectivity index (χ0) is 21.7. The fourth-order valence-electron chi connectivity index (χ4n) is 3.25. The van der Waals surface area contributed by atoms with E-state index in [0.29, 0.717) is 19.0 Å². The smallest absolute Gasteiger partial charge is 0.410 e. The Bertz CT molecular complexity index is 853. The molecule has 160 valence electrons. The number of nitrogens with one attached hydrogen (secondary N) is 1. The largest absolute Gasteiger partial charge is 0.445 e. The topological polar surface area (TPSA) is 67.9 Å². The van der Waals surface area contributed by atoms with Gasteiger partial charge in [0.1, 0.15) is 12.2 Å². The van der Waals surface area contributed by atoms with Crippen LogP contribution in [0.5, 0.6) is 0 Å². The van der Waals surface area contributed by atoms with Gasteiger partial charge in [-0.1, -0.05) is 54.6 Å². The van der Waals surface area contributed by atoms with Crippen LogP contribution in [0.2, 0.25) is 0 Å². The molecule has 1 atom stereocenters. The van der Waals surface area contributed by atoms with E-state index < -0.39 is 11.7 Å². The highest BCUT2D eigenvalue weighted by molar-refractivity contribution is 5.69. The van der Waals surface area contributed by atoms with Crippen molar-refractivity contribution >= 4 is 12.2 Å². The summed E-state index contributed by atoms with van der Waals surface area (Å²) in [5.74, 6) is 0.311. The Kier molecular flexibility index (Phi) is 6.65. The summed E-state index contributed by atoms with van der Waals surface area (Å²) < 4.78 is 10.7. The van der Waals surface area contributed by atoms with Gasteiger partial charge in [0.05, 0.1) is 6.04 Å². The van der Waals surface area contributed by atoms with Crippen LogP contribution in [0.3, 0.4) is 0 Å². The van der Waals surface area contributed by atoms with Gasteiger partial charge in [-0.15, -0.1) is 0 Å². The van der Waals surface area contributed by atoms with Gasteiger partial charge in [0, 0.05) is 19.0 Å². The van der Waals surface area contributed by atoms with Crippen molar-refractivity contribution in [2.45, 2.75) is 51.9 Å². The highest BCUT2D eigenvalue weighted by atomic mass is 16.6. The molecule has 0 bridgehead atoms. The maximum Gasteiger partial charge on any atom is 0.410 e. The second-order valence-electron chi connectivity index (χ2n) is 8.68. The van der Waals surface area contributed by atoms with Crippen LogP contribution in [-0.2, 0) is 16.1 Å². The maximum atomic E-state index is 12.1. The molecular weight excluding hydrogens is 380 g/mol. The number of nitrogens with zero attached hydrogens (tertiary/aromatic N) is 1. The molecule has 6 nitrogen and oxygen atoms in total. The zero-order valence-electron chi connectivity index (χ0n) is 18.1. The first-order valence-corrected chi connectivity index (χ1v) is 10.3. The van der Waals surface area contributed by atoms with Crippen LogP contribution in [0.15, 0.2) is 54.6 Å². The first kappa shape index (κ1) is 21.7. The van der Waals surface area contributed by atoms with Crippen molar-refractivity contribution in [1.82, 2.24) is 10.2 Å². The molecular formula is C24H30N2O4. The van der Waals surface area contributed by atoms with E-state index in [0.717, 1.165) is 11.1 Å². The predicted molar refractivity (Wildman–Crippen MR) is 115 cm³/mol. The fraction of sp³-hybridized carbons (Fsp3) is 0.417. The van der Waals surface area contributed by atoms with E-state index in [1.54, 1.807) is 4.90 Å². The summed E-state index contributed by atoms with van der Waals surface area (Å²) in [5, 5.41) is 2.86. The molecule has 0 unspecified atom stereocenters. The van der Waals surface area contributed by atoms with Crippen LogP contribution in [0.25, 0.3) is 0 Å². The molecule has 2 amide bonds. The van der Waals surface area contributed by atoms with Crippen LogP contribution in [0, 0.1) is 0 Å². The van der Waals surface area contributed by atoms with Gasteiger partial charge in [-0.3, -0.25) is 0 Å². The summed E-state index contributed by atoms with van der Waals surface area (Å²) in [6, 6.07) is 17.5. The SMILES string of the molecule is C[C@H](NC(=O)OCc1ccccc1)c1ccc(C2CN(C(=O)OC(C)(C)C)C2)cc1. The van der Waals surface area contributed by atoms with Crippen LogP contribution in [0.4, 0.5) is 9.59 Å². The Morgan fingerprint density at radius 2 is 1.70 bits per heavy atom. The Morgan fingerprint density at radius 3 is 2.30 bits per heavy atom. The molecule has 1 fully saturated rings. The third-order valence-corrected chi connectivity index (χ3v) is 4.99. The van der Waals surface area contributed by atoms with E-state index in [9.17, 15) is 9.59 Å². The van der Waals surface area contributed by atoms with Crippen LogP contribution in [0.1, 0.15) is 56.3 Å². The summed E-state index contributed by atoms with van der Waals surface area (Å²) in [6.07, 6.45) is -0.704. The van der Waals surface area contributed by atoms with Crippen molar-refractivity contribution in [1.29, 1.82) is 0 Å². The quantitative estimate of drug-likeness (QED) is 0.752. The number of likely N-dealkylation sites (tertiary alicyclic amines) is 1. The van der Waals surface area contributed by atoms with Crippen molar-refractivity contribution < 1.29 is 19.1 Å². The van der Waals surface area contributed by atoms with Gasteiger partial charge in [0.2, 0.25) is 0 Å². The molecule has 1 aliphatic rings. The summed E-state index contributed by atoms with van der Waals surface area (Å²) >= 11 is 0. The van der Waals surface area contributed by atoms with Crippen molar-refractivity contribution in [2.75, 3.05) is 13.1 Å². The normalized spacial score (nSPS) is 15.1. The highest BCUT2D eigenvalue weighted by Crippen LogP contribution is 2.29. The lowest BCUT2D eigenvalue weighted by atomic mass is 9.90. The standard InChI is InChI=1S/C24H30N2O4/c1-17(25-22(27)29-16-18-8-6-5-7-9-18)19-10-12-20(13-11-19)21-14-26(15-21)23(28)30-24(2,3)4/h5-13,17,21H,14-16H2,1-4H3,(H,25,27)/t17-/m0/s1. The van der Waals surface area contributed by atoms with Crippen molar-refractivity contribution in [3.8, 4) is 0 Å². The van der Waals surface area contributed by atoms with E-state index in [1.165, 1.54) is 5.56 Å². The molecule has 1 saturated heterocycles. The molecule has 0 aliphatic carbocycles. The van der Waals surface area contributed by atoms with Crippen LogP contribution < -0.4 is 5.32 Å². The molecule has 6 heteroatoms. The Morgan fingerprint density at radius 1 is 1.07 bits per heavy atom. The number of carbonyl (C=O) groups is 2. The Labute approximate surface area is 178 Å². The maximum absolute atomic E-state index is 12.1. The minimum atomic E-state index is -0.477. The van der Waals surface area contributed by atoms with Crippen molar-refractivity contribution in [3.63, 3.8) is 0 Å². The van der Waals surface area contributed by atoms with E-state index in [-0.39, 0.29) is 18.7 Å². The van der Waals surface area contributed by atoms with Crippen molar-refractivity contribution in [2.24, 2.45) is 0 Å². The summed E-state index contributed by atoms with van der Waals surface area (Å²) in [7, 11) is 0. The second kappa shape index (κ2) is 9.20. The number of benzene rings is 2. The highest BCUT2D eigenvalue weighted by Gasteiger charge is 2.34. The minimum Gasteiger partial charge on any atom is -0.445 e. The van der Waals surface area contributed by atoms with Gasteiger partial charge in [-0.2, -0.15) is 0 Å². The number of amides is 2. The van der Waals surface area contributed by atoms with E-state index in [1.807, 2.05) is 70.2 Å². The third-order valence-electron chi connectivity index (χ3n) is 4.99. The molecule has 1 aliphatic heterocycles. The van der Waals surface area contributed by atoms with Gasteiger partial charge in [0.15, 0.2) is 0 Å². The van der Waals surface area contributed by atoms with Gasteiger partial charge in [0.25, 0.3) is 0 Å². The lowest BCUT2D eigenvalue weighted by molar-refractivity contribution is 0.00819. The zero-order valence-corrected chi connectivity index (χ0v) is 18.1. The van der Waals surface area contributed by atoms with Crippen molar-refractivity contribution in [3.05, 3.63) is 71.3 Å². The van der Waals surface area contributed by atoms with Gasteiger partial charge in [-0.25, -0.2) is 9.59 Å². The number of hydrogen-bond acceptors (Lipinski definition) is 4. The van der Waals surface area contributed by atoms with Crippen LogP contribution >= 0.6 is 0 Å². The number of rotatable bonds is 5. The Hall–Kier alpha value is -3.02. The van der Waals surface area contributed by atoms with Gasteiger partial charge >= 0.3 is 12.2 Å². The van der Waals surface area contributed by atoms with Crippen LogP contribution in [-0.4, -0.2) is 35.8 Å². The fourth-order valence-corrected chi connectivity index (χ4v) is 3.25. The number of ether oxygens (including phenoxy) is 2. The molecule has 0 spiro atoms. The number of alkyl carbamates (subject to hydrolysis) is 1. The molecule has 0 saturated carbocycles. The third kappa shape index (κ3) is 5.99. The number of carbonyl (C=O) groups excluding carboxylic acids is 2. The molecule has 2 aromatic rings. The molecule has 0 aromatic heterocycles. The van der Waals surface area contributed by atoms with E-state index >= 15 is 0 Å². The predicted octanol–water partition coefficient (Wildman–Crippen LogP) is 5.01. The average molecular weight is 411 g/mol. The van der Waals surface area contributed by atoms with E-state index in [4.69, 9.17) is 9.47 Å². The van der Waals surface area contributed by atoms with Gasteiger partial charge < -0.3 is 19.7 Å². The molecule has 2 aromatic carbocycles. The number of hydrogen-bond donors (Lipinski definition) is 1. The van der Waals surface area contributed by atoms with Gasteiger partial charge in [-0.05, 0) is 44.4 Å². The molecule has 30 heavy (non-hydrogen) atoms. The summed E-state index contributed by atoms with van der Waals surface area (Å²) in [5.41, 5.74) is 2.65. The lowest BCUT2D eigenvalue weighted by Gasteiger charge is -2.40. The molecule has 1 heterocycles. The van der Waals surface area contributed by atoms with E-state index in [2.05, 4.69) is 17.4 Å². The minimum absolute atomic E-state index is 0.165. The average Bonchev–Trinajstić information content (AvgIpc) is 2.65. The Balaban J connectivity index is 1.45. The monoisotopic (exact) mass is 410 g/mol.